The van der Waals surface area contributed by atoms with Gasteiger partial charge in [0.05, 0.1) is 0 Å². The summed E-state index contributed by atoms with van der Waals surface area (Å²) in [5, 5.41) is 21.3. The zero-order chi connectivity index (χ0) is 14.8. The van der Waals surface area contributed by atoms with Crippen molar-refractivity contribution in [1.82, 2.24) is 5.32 Å². The van der Waals surface area contributed by atoms with Gasteiger partial charge in [0.2, 0.25) is 5.91 Å². The summed E-state index contributed by atoms with van der Waals surface area (Å²) in [5.41, 5.74) is 0. The summed E-state index contributed by atoms with van der Waals surface area (Å²) in [7, 11) is -4.77. The molecule has 0 bridgehead atoms. The fourth-order valence-corrected chi connectivity index (χ4v) is 1.80. The van der Waals surface area contributed by atoms with Crippen LogP contribution in [-0.2, 0) is 28.9 Å². The molecule has 0 aromatic rings. The van der Waals surface area contributed by atoms with Crippen LogP contribution >= 0.6 is 0 Å². The van der Waals surface area contributed by atoms with Gasteiger partial charge in [-0.15, -0.1) is 0 Å². The smallest absolute Gasteiger partial charge is 0.397 e. The molecule has 0 aromatic heterocycles. The van der Waals surface area contributed by atoms with Gasteiger partial charge >= 0.3 is 16.4 Å². The van der Waals surface area contributed by atoms with Gasteiger partial charge in [0.15, 0.2) is 12.1 Å². The first-order valence-electron chi connectivity index (χ1n) is 5.07. The molecule has 1 fully saturated rings. The highest BCUT2D eigenvalue weighted by molar-refractivity contribution is 7.80. The Morgan fingerprint density at radius 2 is 2.00 bits per heavy atom. The number of aliphatic hydroxyl groups is 2. The maximum atomic E-state index is 11.4. The molecule has 1 amide bonds. The van der Waals surface area contributed by atoms with Crippen LogP contribution in [0.25, 0.3) is 0 Å². The molecular formula is C8H13NO9S. The molecule has 19 heavy (non-hydrogen) atoms. The number of ether oxygens (including phenoxy) is 1. The van der Waals surface area contributed by atoms with Crippen molar-refractivity contribution in [1.29, 1.82) is 0 Å². The highest BCUT2D eigenvalue weighted by atomic mass is 32.3. The molecule has 0 radical (unpaired) electrons. The highest BCUT2D eigenvalue weighted by Crippen LogP contribution is 2.17. The van der Waals surface area contributed by atoms with Crippen LogP contribution < -0.4 is 5.32 Å². The van der Waals surface area contributed by atoms with E-state index in [1.54, 1.807) is 0 Å². The van der Waals surface area contributed by atoms with Gasteiger partial charge in [-0.25, -0.2) is 8.98 Å². The Bertz CT molecular complexity index is 461. The summed E-state index contributed by atoms with van der Waals surface area (Å²) in [6, 6.07) is -1.46. The van der Waals surface area contributed by atoms with Crippen LogP contribution in [-0.4, -0.2) is 66.0 Å². The van der Waals surface area contributed by atoms with E-state index in [9.17, 15) is 28.2 Å². The predicted molar refractivity (Wildman–Crippen MR) is 57.0 cm³/mol. The van der Waals surface area contributed by atoms with E-state index >= 15 is 0 Å². The van der Waals surface area contributed by atoms with Crippen molar-refractivity contribution in [3.05, 3.63) is 0 Å². The van der Waals surface area contributed by atoms with Crippen LogP contribution in [0.15, 0.2) is 0 Å². The third kappa shape index (κ3) is 4.40. The minimum atomic E-state index is -4.77. The maximum absolute atomic E-state index is 11.4. The second-order valence-corrected chi connectivity index (χ2v) is 4.94. The molecule has 10 nitrogen and oxygen atoms in total. The van der Waals surface area contributed by atoms with Crippen LogP contribution in [0.1, 0.15) is 6.92 Å². The van der Waals surface area contributed by atoms with E-state index in [0.29, 0.717) is 0 Å². The van der Waals surface area contributed by atoms with Crippen molar-refractivity contribution in [2.45, 2.75) is 31.3 Å². The molecule has 4 N–H and O–H groups in total. The Balaban J connectivity index is 2.71. The SMILES string of the molecule is CC(=O)N[C@H]1C(=O)O[C@H](COS(=O)(=O)O)[C@@H](O)[C@@H]1O. The largest absolute Gasteiger partial charge is 0.455 e. The van der Waals surface area contributed by atoms with Crippen molar-refractivity contribution in [2.24, 2.45) is 0 Å². The molecule has 1 aliphatic rings. The second-order valence-electron chi connectivity index (χ2n) is 3.85. The first-order chi connectivity index (χ1) is 8.61. The number of rotatable bonds is 4. The van der Waals surface area contributed by atoms with Crippen molar-refractivity contribution >= 4 is 22.3 Å². The number of cyclic esters (lactones) is 1. The lowest BCUT2D eigenvalue weighted by molar-refractivity contribution is -0.188. The molecule has 0 spiro atoms. The van der Waals surface area contributed by atoms with E-state index < -0.39 is 53.2 Å². The molecule has 1 aliphatic heterocycles. The first-order valence-corrected chi connectivity index (χ1v) is 6.44. The number of hydrogen-bond acceptors (Lipinski definition) is 8. The molecule has 1 saturated heterocycles. The summed E-state index contributed by atoms with van der Waals surface area (Å²) in [5.74, 6) is -1.68. The molecule has 11 heteroatoms. The van der Waals surface area contributed by atoms with Gasteiger partial charge in [0.25, 0.3) is 0 Å². The normalized spacial score (nSPS) is 31.7. The third-order valence-corrected chi connectivity index (χ3v) is 2.77. The Hall–Kier alpha value is -1.27. The Morgan fingerprint density at radius 1 is 1.42 bits per heavy atom. The van der Waals surface area contributed by atoms with Crippen molar-refractivity contribution < 1.29 is 41.7 Å². The minimum absolute atomic E-state index is 0.624. The third-order valence-electron chi connectivity index (χ3n) is 2.33. The summed E-state index contributed by atoms with van der Waals surface area (Å²) < 4.78 is 37.6. The average molecular weight is 299 g/mol. The zero-order valence-corrected chi connectivity index (χ0v) is 10.5. The highest BCUT2D eigenvalue weighted by Gasteiger charge is 2.45. The van der Waals surface area contributed by atoms with Gasteiger partial charge in [-0.2, -0.15) is 8.42 Å². The second kappa shape index (κ2) is 5.79. The first kappa shape index (κ1) is 15.8. The number of esters is 1. The van der Waals surface area contributed by atoms with E-state index in [2.05, 4.69) is 14.2 Å². The Morgan fingerprint density at radius 3 is 2.47 bits per heavy atom. The number of carbonyl (C=O) groups is 2. The maximum Gasteiger partial charge on any atom is 0.397 e. The standard InChI is InChI=1S/C8H13NO9S/c1-3(10)9-5-7(12)6(11)4(18-8(5)13)2-17-19(14,15)16/h4-7,11-12H,2H2,1H3,(H,9,10)(H,14,15,16)/t4-,5-,6-,7-/m1/s1. The van der Waals surface area contributed by atoms with E-state index in [1.807, 2.05) is 0 Å². The predicted octanol–water partition coefficient (Wildman–Crippen LogP) is -3.04. The van der Waals surface area contributed by atoms with Gasteiger partial charge in [-0.1, -0.05) is 0 Å². The Kier molecular flexibility index (Phi) is 4.81. The number of aliphatic hydroxyl groups excluding tert-OH is 2. The van der Waals surface area contributed by atoms with E-state index in [1.165, 1.54) is 0 Å². The fourth-order valence-electron chi connectivity index (χ4n) is 1.50. The molecule has 0 unspecified atom stereocenters. The molecule has 0 saturated carbocycles. The van der Waals surface area contributed by atoms with Crippen molar-refractivity contribution in [3.8, 4) is 0 Å². The lowest BCUT2D eigenvalue weighted by Crippen LogP contribution is -2.62. The minimum Gasteiger partial charge on any atom is -0.455 e. The lowest BCUT2D eigenvalue weighted by atomic mass is 9.98. The molecule has 0 aliphatic carbocycles. The number of amides is 1. The van der Waals surface area contributed by atoms with Gasteiger partial charge in [-0.3, -0.25) is 9.35 Å². The lowest BCUT2D eigenvalue weighted by Gasteiger charge is -2.35. The van der Waals surface area contributed by atoms with E-state index in [-0.39, 0.29) is 0 Å². The van der Waals surface area contributed by atoms with Crippen LogP contribution in [0.5, 0.6) is 0 Å². The molecule has 4 atom stereocenters. The van der Waals surface area contributed by atoms with Gasteiger partial charge < -0.3 is 20.3 Å². The average Bonchev–Trinajstić information content (AvgIpc) is 2.26. The van der Waals surface area contributed by atoms with Gasteiger partial charge in [0, 0.05) is 6.92 Å². The number of nitrogens with one attached hydrogen (secondary N) is 1. The number of carbonyl (C=O) groups excluding carboxylic acids is 2. The van der Waals surface area contributed by atoms with Crippen LogP contribution in [0.4, 0.5) is 0 Å². The summed E-state index contributed by atoms with van der Waals surface area (Å²) in [6.45, 7) is 0.232. The van der Waals surface area contributed by atoms with Crippen molar-refractivity contribution in [2.75, 3.05) is 6.61 Å². The molecule has 0 aromatic carbocycles. The summed E-state index contributed by atoms with van der Waals surface area (Å²) >= 11 is 0. The van der Waals surface area contributed by atoms with Gasteiger partial charge in [0.1, 0.15) is 18.8 Å². The summed E-state index contributed by atoms with van der Waals surface area (Å²) in [4.78, 5) is 22.2. The number of hydrogen-bond donors (Lipinski definition) is 4. The van der Waals surface area contributed by atoms with E-state index in [4.69, 9.17) is 4.55 Å². The Labute approximate surface area is 108 Å². The zero-order valence-electron chi connectivity index (χ0n) is 9.72. The van der Waals surface area contributed by atoms with Crippen LogP contribution in [0.2, 0.25) is 0 Å². The van der Waals surface area contributed by atoms with E-state index in [0.717, 1.165) is 6.92 Å². The van der Waals surface area contributed by atoms with Crippen LogP contribution in [0.3, 0.4) is 0 Å². The van der Waals surface area contributed by atoms with Gasteiger partial charge in [-0.05, 0) is 0 Å². The molecular weight excluding hydrogens is 286 g/mol. The van der Waals surface area contributed by atoms with Crippen LogP contribution in [0, 0.1) is 0 Å². The van der Waals surface area contributed by atoms with Crippen molar-refractivity contribution in [3.63, 3.8) is 0 Å². The monoisotopic (exact) mass is 299 g/mol. The quantitative estimate of drug-likeness (QED) is 0.312. The topological polar surface area (TPSA) is 159 Å². The molecule has 1 heterocycles. The molecule has 1 rings (SSSR count). The summed E-state index contributed by atoms with van der Waals surface area (Å²) in [6.07, 6.45) is -4.87. The molecule has 110 valence electrons. The fraction of sp³-hybridized carbons (Fsp3) is 0.750.